The van der Waals surface area contributed by atoms with E-state index in [2.05, 4.69) is 0 Å². The summed E-state index contributed by atoms with van der Waals surface area (Å²) in [6.07, 6.45) is -6.07. The second-order valence-electron chi connectivity index (χ2n) is 9.83. The normalized spacial score (nSPS) is 17.8. The van der Waals surface area contributed by atoms with Crippen molar-refractivity contribution in [2.24, 2.45) is 0 Å². The van der Waals surface area contributed by atoms with Gasteiger partial charge in [0.25, 0.3) is 0 Å². The predicted molar refractivity (Wildman–Crippen MR) is 138 cm³/mol. The van der Waals surface area contributed by atoms with Crippen LogP contribution < -0.4 is 4.74 Å². The van der Waals surface area contributed by atoms with E-state index in [4.69, 9.17) is 21.1 Å². The summed E-state index contributed by atoms with van der Waals surface area (Å²) in [7, 11) is 1.45. The highest BCUT2D eigenvalue weighted by Crippen LogP contribution is 2.41. The summed E-state index contributed by atoms with van der Waals surface area (Å²) < 4.78 is 66.0. The number of alkyl halides is 3. The Hall–Kier alpha value is -3.26. The van der Waals surface area contributed by atoms with Crippen molar-refractivity contribution in [2.45, 2.75) is 58.5 Å². The Kier molecular flexibility index (Phi) is 7.66. The van der Waals surface area contributed by atoms with Crippen LogP contribution in [0.25, 0.3) is 11.1 Å². The molecule has 0 N–H and O–H groups in total. The van der Waals surface area contributed by atoms with Crippen molar-refractivity contribution in [3.63, 3.8) is 0 Å². The number of rotatable bonds is 6. The molecule has 1 heterocycles. The van der Waals surface area contributed by atoms with Gasteiger partial charge in [-0.1, -0.05) is 43.1 Å². The first kappa shape index (κ1) is 27.8. The quantitative estimate of drug-likeness (QED) is 0.289. The van der Waals surface area contributed by atoms with Crippen molar-refractivity contribution >= 4 is 17.7 Å². The van der Waals surface area contributed by atoms with Crippen molar-refractivity contribution in [2.75, 3.05) is 7.11 Å². The molecule has 0 saturated carbocycles. The van der Waals surface area contributed by atoms with Crippen LogP contribution in [0.3, 0.4) is 0 Å². The summed E-state index contributed by atoms with van der Waals surface area (Å²) >= 11 is 6.31. The highest BCUT2D eigenvalue weighted by molar-refractivity contribution is 6.30. The van der Waals surface area contributed by atoms with Gasteiger partial charge in [0.15, 0.2) is 0 Å². The standard InChI is InChI=1S/C29H28ClF4NO3/c1-15(2)23-12-24(26(37-5)13-25(23)31)22-7-6-21(30)11-19(22)14-35-17(4)27(38-28(35)36)18-8-16(3)9-20(10-18)29(32,33)34/h6-13,15,17,27H,14H2,1-5H3/t17-,27-/m0/s1. The van der Waals surface area contributed by atoms with Gasteiger partial charge in [-0.25, -0.2) is 9.18 Å². The number of methoxy groups -OCH3 is 1. The molecule has 3 aromatic rings. The average molecular weight is 550 g/mol. The van der Waals surface area contributed by atoms with Crippen LogP contribution in [0.15, 0.2) is 48.5 Å². The van der Waals surface area contributed by atoms with Gasteiger partial charge in [-0.2, -0.15) is 13.2 Å². The fourth-order valence-corrected chi connectivity index (χ4v) is 5.03. The Balaban J connectivity index is 1.72. The first-order valence-electron chi connectivity index (χ1n) is 12.1. The average Bonchev–Trinajstić information content (AvgIpc) is 3.11. The molecule has 1 saturated heterocycles. The van der Waals surface area contributed by atoms with Crippen LogP contribution in [-0.4, -0.2) is 24.1 Å². The molecule has 4 nitrogen and oxygen atoms in total. The molecule has 3 aromatic carbocycles. The number of hydrogen-bond donors (Lipinski definition) is 0. The highest BCUT2D eigenvalue weighted by atomic mass is 35.5. The lowest BCUT2D eigenvalue weighted by Gasteiger charge is -2.24. The zero-order valence-corrected chi connectivity index (χ0v) is 22.4. The SMILES string of the molecule is COc1cc(F)c(C(C)C)cc1-c1ccc(Cl)cc1CN1C(=O)O[C@H](c2cc(C)cc(C(F)(F)F)c2)[C@@H]1C. The summed E-state index contributed by atoms with van der Waals surface area (Å²) in [5, 5.41) is 0.430. The molecule has 0 spiro atoms. The van der Waals surface area contributed by atoms with E-state index >= 15 is 0 Å². The third kappa shape index (κ3) is 5.46. The van der Waals surface area contributed by atoms with E-state index < -0.39 is 30.0 Å². The lowest BCUT2D eigenvalue weighted by atomic mass is 9.93. The molecule has 0 aliphatic carbocycles. The second kappa shape index (κ2) is 10.5. The fourth-order valence-electron chi connectivity index (χ4n) is 4.83. The van der Waals surface area contributed by atoms with Crippen LogP contribution in [0.1, 0.15) is 60.6 Å². The van der Waals surface area contributed by atoms with E-state index in [-0.39, 0.29) is 23.8 Å². The Bertz CT molecular complexity index is 1370. The van der Waals surface area contributed by atoms with E-state index in [0.29, 0.717) is 38.6 Å². The Morgan fingerprint density at radius 2 is 1.79 bits per heavy atom. The molecule has 38 heavy (non-hydrogen) atoms. The number of hydrogen-bond acceptors (Lipinski definition) is 3. The Labute approximate surface area is 224 Å². The highest BCUT2D eigenvalue weighted by Gasteiger charge is 2.41. The van der Waals surface area contributed by atoms with Gasteiger partial charge in [-0.05, 0) is 72.4 Å². The molecule has 0 radical (unpaired) electrons. The van der Waals surface area contributed by atoms with Gasteiger partial charge < -0.3 is 9.47 Å². The third-order valence-electron chi connectivity index (χ3n) is 6.79. The molecule has 4 rings (SSSR count). The van der Waals surface area contributed by atoms with E-state index in [1.54, 1.807) is 44.2 Å². The second-order valence-corrected chi connectivity index (χ2v) is 10.3. The summed E-state index contributed by atoms with van der Waals surface area (Å²) in [5.74, 6) is -0.141. The van der Waals surface area contributed by atoms with Crippen LogP contribution in [0.4, 0.5) is 22.4 Å². The Morgan fingerprint density at radius 3 is 2.42 bits per heavy atom. The van der Waals surface area contributed by atoms with Gasteiger partial charge in [0, 0.05) is 16.7 Å². The molecule has 0 aromatic heterocycles. The monoisotopic (exact) mass is 549 g/mol. The zero-order chi connectivity index (χ0) is 27.9. The zero-order valence-electron chi connectivity index (χ0n) is 21.6. The van der Waals surface area contributed by atoms with Gasteiger partial charge in [-0.15, -0.1) is 0 Å². The molecule has 1 aliphatic heterocycles. The molecular formula is C29H28ClF4NO3. The molecule has 2 atom stereocenters. The van der Waals surface area contributed by atoms with Gasteiger partial charge in [-0.3, -0.25) is 4.90 Å². The number of benzene rings is 3. The molecule has 1 fully saturated rings. The van der Waals surface area contributed by atoms with Crippen molar-refractivity contribution in [3.8, 4) is 16.9 Å². The smallest absolute Gasteiger partial charge is 0.416 e. The summed E-state index contributed by atoms with van der Waals surface area (Å²) in [4.78, 5) is 14.4. The number of ether oxygens (including phenoxy) is 2. The van der Waals surface area contributed by atoms with Crippen molar-refractivity contribution in [1.29, 1.82) is 0 Å². The summed E-state index contributed by atoms with van der Waals surface area (Å²) in [5.41, 5.74) is 2.38. The minimum Gasteiger partial charge on any atom is -0.496 e. The van der Waals surface area contributed by atoms with Gasteiger partial charge in [0.2, 0.25) is 0 Å². The summed E-state index contributed by atoms with van der Waals surface area (Å²) in [6, 6.07) is 11.3. The van der Waals surface area contributed by atoms with Gasteiger partial charge >= 0.3 is 12.3 Å². The van der Waals surface area contributed by atoms with Gasteiger partial charge in [0.1, 0.15) is 17.7 Å². The number of nitrogens with zero attached hydrogens (tertiary/aromatic N) is 1. The first-order valence-corrected chi connectivity index (χ1v) is 12.5. The maximum absolute atomic E-state index is 14.7. The number of amides is 1. The van der Waals surface area contributed by atoms with Crippen LogP contribution in [-0.2, 0) is 17.5 Å². The molecule has 0 bridgehead atoms. The maximum atomic E-state index is 14.7. The van der Waals surface area contributed by atoms with Crippen LogP contribution in [0.5, 0.6) is 5.75 Å². The van der Waals surface area contributed by atoms with E-state index in [0.717, 1.165) is 12.1 Å². The molecule has 1 aliphatic rings. The summed E-state index contributed by atoms with van der Waals surface area (Å²) in [6.45, 7) is 7.13. The van der Waals surface area contributed by atoms with Crippen molar-refractivity contribution in [3.05, 3.63) is 87.2 Å². The predicted octanol–water partition coefficient (Wildman–Crippen LogP) is 8.69. The number of aryl methyl sites for hydroxylation is 1. The third-order valence-corrected chi connectivity index (χ3v) is 7.02. The van der Waals surface area contributed by atoms with Crippen molar-refractivity contribution < 1.29 is 31.8 Å². The largest absolute Gasteiger partial charge is 0.496 e. The topological polar surface area (TPSA) is 38.8 Å². The number of carbonyl (C=O) groups excluding carboxylic acids is 1. The van der Waals surface area contributed by atoms with Crippen LogP contribution in [0.2, 0.25) is 5.02 Å². The van der Waals surface area contributed by atoms with Crippen LogP contribution >= 0.6 is 11.6 Å². The molecule has 0 unspecified atom stereocenters. The van der Waals surface area contributed by atoms with E-state index in [1.165, 1.54) is 18.1 Å². The minimum absolute atomic E-state index is 0.0713. The molecule has 1 amide bonds. The fraction of sp³-hybridized carbons (Fsp3) is 0.345. The molecule has 9 heteroatoms. The lowest BCUT2D eigenvalue weighted by molar-refractivity contribution is -0.137. The number of carbonyl (C=O) groups is 1. The Morgan fingerprint density at radius 1 is 1.08 bits per heavy atom. The van der Waals surface area contributed by atoms with E-state index in [9.17, 15) is 22.4 Å². The molecular weight excluding hydrogens is 522 g/mol. The number of halogens is 5. The number of cyclic esters (lactones) is 1. The minimum atomic E-state index is -4.52. The molecule has 202 valence electrons. The maximum Gasteiger partial charge on any atom is 0.416 e. The van der Waals surface area contributed by atoms with Gasteiger partial charge in [0.05, 0.1) is 25.3 Å². The lowest BCUT2D eigenvalue weighted by Crippen LogP contribution is -2.31. The van der Waals surface area contributed by atoms with Crippen molar-refractivity contribution in [1.82, 2.24) is 4.90 Å². The van der Waals surface area contributed by atoms with Crippen LogP contribution in [0, 0.1) is 12.7 Å². The first-order chi connectivity index (χ1) is 17.8. The van der Waals surface area contributed by atoms with E-state index in [1.807, 2.05) is 13.8 Å².